The van der Waals surface area contributed by atoms with Crippen molar-refractivity contribution in [1.82, 2.24) is 9.55 Å². The summed E-state index contributed by atoms with van der Waals surface area (Å²) in [6.45, 7) is 1.67. The molecular formula is C33H32N2O8. The Labute approximate surface area is 247 Å². The molecule has 0 amide bonds. The molecule has 2 aliphatic rings. The number of benzene rings is 3. The van der Waals surface area contributed by atoms with Gasteiger partial charge in [-0.3, -0.25) is 19.1 Å². The molecule has 0 radical (unpaired) electrons. The quantitative estimate of drug-likeness (QED) is 0.234. The summed E-state index contributed by atoms with van der Waals surface area (Å²) in [7, 11) is 3.23. The summed E-state index contributed by atoms with van der Waals surface area (Å²) >= 11 is 0. The zero-order valence-electron chi connectivity index (χ0n) is 24.0. The Bertz CT molecular complexity index is 1670. The van der Waals surface area contributed by atoms with E-state index >= 15 is 0 Å². The van der Waals surface area contributed by atoms with E-state index in [9.17, 15) is 14.4 Å². The second kappa shape index (κ2) is 11.5. The number of carbonyl (C=O) groups excluding carboxylic acids is 1. The van der Waals surface area contributed by atoms with E-state index in [4.69, 9.17) is 23.7 Å². The lowest BCUT2D eigenvalue weighted by Gasteiger charge is -2.37. The highest BCUT2D eigenvalue weighted by molar-refractivity contribution is 5.72. The number of ether oxygens (including phenoxy) is 5. The first-order valence-electron chi connectivity index (χ1n) is 14.0. The summed E-state index contributed by atoms with van der Waals surface area (Å²) in [4.78, 5) is 39.6. The van der Waals surface area contributed by atoms with E-state index in [-0.39, 0.29) is 24.9 Å². The molecule has 10 heteroatoms. The lowest BCUT2D eigenvalue weighted by molar-refractivity contribution is -0.151. The maximum Gasteiger partial charge on any atom is 0.330 e. The Morgan fingerprint density at radius 3 is 2.02 bits per heavy atom. The van der Waals surface area contributed by atoms with Gasteiger partial charge in [0.15, 0.2) is 12.3 Å². The maximum atomic E-state index is 12.8. The van der Waals surface area contributed by atoms with Crippen LogP contribution in [-0.2, 0) is 24.6 Å². The molecule has 2 saturated heterocycles. The topological polar surface area (TPSA) is 118 Å². The van der Waals surface area contributed by atoms with Gasteiger partial charge in [-0.05, 0) is 47.9 Å². The second-order valence-electron chi connectivity index (χ2n) is 10.7. The van der Waals surface area contributed by atoms with E-state index in [1.165, 1.54) is 10.8 Å². The number of rotatable bonds is 9. The number of carbonyl (C=O) groups is 1. The number of nitrogens with zero attached hydrogens (tertiary/aromatic N) is 1. The molecule has 2 fully saturated rings. The molecule has 3 heterocycles. The molecule has 1 N–H and O–H groups in total. The predicted molar refractivity (Wildman–Crippen MR) is 156 cm³/mol. The molecule has 1 aromatic heterocycles. The third-order valence-electron chi connectivity index (χ3n) is 8.22. The Hall–Kier alpha value is -4.67. The van der Waals surface area contributed by atoms with Crippen LogP contribution in [0.3, 0.4) is 0 Å². The fraction of sp³-hybridized carbons (Fsp3) is 0.303. The van der Waals surface area contributed by atoms with Crippen LogP contribution in [-0.4, -0.2) is 48.6 Å². The molecule has 0 spiro atoms. The van der Waals surface area contributed by atoms with Gasteiger partial charge in [-0.25, -0.2) is 4.79 Å². The lowest BCUT2D eigenvalue weighted by atomic mass is 9.80. The van der Waals surface area contributed by atoms with Crippen LogP contribution in [0.25, 0.3) is 0 Å². The fourth-order valence-electron chi connectivity index (χ4n) is 6.01. The minimum atomic E-state index is -1.09. The van der Waals surface area contributed by atoms with Crippen LogP contribution in [0.15, 0.2) is 94.6 Å². The molecule has 0 unspecified atom stereocenters. The van der Waals surface area contributed by atoms with Gasteiger partial charge in [-0.1, -0.05) is 54.6 Å². The normalized spacial score (nSPS) is 21.3. The van der Waals surface area contributed by atoms with Gasteiger partial charge in [-0.15, -0.1) is 0 Å². The highest BCUT2D eigenvalue weighted by atomic mass is 16.6. The van der Waals surface area contributed by atoms with Gasteiger partial charge in [-0.2, -0.15) is 0 Å². The van der Waals surface area contributed by atoms with Gasteiger partial charge in [0, 0.05) is 17.7 Å². The average Bonchev–Trinajstić information content (AvgIpc) is 3.57. The van der Waals surface area contributed by atoms with Gasteiger partial charge < -0.3 is 23.7 Å². The van der Waals surface area contributed by atoms with Crippen LogP contribution in [0, 0.1) is 12.8 Å². The van der Waals surface area contributed by atoms with Gasteiger partial charge in [0.05, 0.1) is 33.4 Å². The maximum absolute atomic E-state index is 12.8. The molecule has 0 bridgehead atoms. The van der Waals surface area contributed by atoms with Crippen LogP contribution in [0.1, 0.15) is 34.9 Å². The number of aromatic nitrogens is 2. The second-order valence-corrected chi connectivity index (χ2v) is 10.7. The van der Waals surface area contributed by atoms with Crippen molar-refractivity contribution in [2.24, 2.45) is 5.92 Å². The molecule has 6 rings (SSSR count). The summed E-state index contributed by atoms with van der Waals surface area (Å²) < 4.78 is 31.2. The molecule has 222 valence electrons. The van der Waals surface area contributed by atoms with Crippen molar-refractivity contribution in [3.8, 4) is 11.5 Å². The van der Waals surface area contributed by atoms with Gasteiger partial charge in [0.2, 0.25) is 0 Å². The van der Waals surface area contributed by atoms with E-state index in [0.717, 1.165) is 16.7 Å². The molecule has 4 atom stereocenters. The first kappa shape index (κ1) is 28.4. The van der Waals surface area contributed by atoms with E-state index in [2.05, 4.69) is 4.98 Å². The number of esters is 1. The summed E-state index contributed by atoms with van der Waals surface area (Å²) in [5.74, 6) is 0.668. The summed E-state index contributed by atoms with van der Waals surface area (Å²) in [5, 5.41) is 0. The Balaban J connectivity index is 1.42. The number of nitrogens with one attached hydrogen (secondary N) is 1. The van der Waals surface area contributed by atoms with Gasteiger partial charge in [0.25, 0.3) is 5.56 Å². The van der Waals surface area contributed by atoms with Crippen molar-refractivity contribution in [3.05, 3.63) is 128 Å². The van der Waals surface area contributed by atoms with E-state index in [0.29, 0.717) is 17.1 Å². The minimum Gasteiger partial charge on any atom is -0.497 e. The number of hydrogen-bond acceptors (Lipinski definition) is 8. The number of hydrogen-bond donors (Lipinski definition) is 1. The van der Waals surface area contributed by atoms with Crippen molar-refractivity contribution >= 4 is 5.97 Å². The third-order valence-corrected chi connectivity index (χ3v) is 8.22. The fourth-order valence-corrected chi connectivity index (χ4v) is 6.01. The summed E-state index contributed by atoms with van der Waals surface area (Å²) in [5.41, 5.74) is 0.702. The zero-order chi connectivity index (χ0) is 30.1. The highest BCUT2D eigenvalue weighted by Gasteiger charge is 2.54. The van der Waals surface area contributed by atoms with Crippen LogP contribution in [0.4, 0.5) is 0 Å². The van der Waals surface area contributed by atoms with E-state index in [1.807, 2.05) is 78.9 Å². The average molecular weight is 585 g/mol. The molecule has 3 aromatic carbocycles. The van der Waals surface area contributed by atoms with Crippen molar-refractivity contribution in [1.29, 1.82) is 0 Å². The Morgan fingerprint density at radius 2 is 1.44 bits per heavy atom. The molecule has 0 saturated carbocycles. The lowest BCUT2D eigenvalue weighted by Crippen LogP contribution is -2.37. The van der Waals surface area contributed by atoms with Crippen molar-refractivity contribution < 1.29 is 28.5 Å². The smallest absolute Gasteiger partial charge is 0.330 e. The monoisotopic (exact) mass is 584 g/mol. The van der Waals surface area contributed by atoms with Crippen LogP contribution < -0.4 is 20.7 Å². The highest BCUT2D eigenvalue weighted by Crippen LogP contribution is 2.46. The Morgan fingerprint density at radius 1 is 0.860 bits per heavy atom. The standard InChI is InChI=1S/C33H32N2O8/c1-20-18-35(32(38)34-30(20)37)31-29-26(17-28(36)43-29)27(42-31)19-41-33(21-7-5-4-6-8-21,22-9-13-24(39-2)14-10-22)23-11-15-25(40-3)16-12-23/h4-16,18,26-27,29,31H,17,19H2,1-3H3,(H,34,37,38)/t26-,27-,29-,31-/m1/s1. The third kappa shape index (κ3) is 5.13. The molecule has 10 nitrogen and oxygen atoms in total. The van der Waals surface area contributed by atoms with Crippen LogP contribution >= 0.6 is 0 Å². The summed E-state index contributed by atoms with van der Waals surface area (Å²) in [6.07, 6.45) is -0.671. The zero-order valence-corrected chi connectivity index (χ0v) is 24.0. The molecule has 0 aliphatic carbocycles. The van der Waals surface area contributed by atoms with E-state index in [1.54, 1.807) is 21.1 Å². The largest absolute Gasteiger partial charge is 0.497 e. The number of aryl methyl sites for hydroxylation is 1. The minimum absolute atomic E-state index is 0.0678. The SMILES string of the molecule is COc1ccc(C(OC[C@H]2O[C@@H](n3cc(C)c(=O)[nH]c3=O)[C@@H]3OC(=O)C[C@@H]32)(c2ccccc2)c2ccc(OC)cc2)cc1. The van der Waals surface area contributed by atoms with Crippen molar-refractivity contribution in [3.63, 3.8) is 0 Å². The molecule has 2 aliphatic heterocycles. The first-order valence-corrected chi connectivity index (χ1v) is 14.0. The summed E-state index contributed by atoms with van der Waals surface area (Å²) in [6, 6.07) is 25.2. The van der Waals surface area contributed by atoms with Crippen LogP contribution in [0.5, 0.6) is 11.5 Å². The predicted octanol–water partition coefficient (Wildman–Crippen LogP) is 3.70. The van der Waals surface area contributed by atoms with Crippen LogP contribution in [0.2, 0.25) is 0 Å². The first-order chi connectivity index (χ1) is 20.8. The van der Waals surface area contributed by atoms with E-state index < -0.39 is 35.3 Å². The number of aromatic amines is 1. The number of H-pyrrole nitrogens is 1. The Kier molecular flexibility index (Phi) is 7.64. The molecule has 43 heavy (non-hydrogen) atoms. The molecule has 4 aromatic rings. The van der Waals surface area contributed by atoms with Crippen molar-refractivity contribution in [2.75, 3.05) is 20.8 Å². The van der Waals surface area contributed by atoms with Gasteiger partial charge in [0.1, 0.15) is 17.1 Å². The van der Waals surface area contributed by atoms with Gasteiger partial charge >= 0.3 is 11.7 Å². The number of methoxy groups -OCH3 is 2. The molecular weight excluding hydrogens is 552 g/mol. The van der Waals surface area contributed by atoms with Crippen molar-refractivity contribution in [2.45, 2.75) is 37.4 Å². The number of fused-ring (bicyclic) bond motifs is 1.